The minimum atomic E-state index is -4.20. The lowest BCUT2D eigenvalue weighted by Crippen LogP contribution is -2.33. The van der Waals surface area contributed by atoms with E-state index >= 15 is 0 Å². The number of anilines is 1. The molecule has 0 atom stereocenters. The Kier molecular flexibility index (Phi) is 3.88. The highest BCUT2D eigenvalue weighted by Gasteiger charge is 2.41. The Hall–Kier alpha value is -1.57. The van der Waals surface area contributed by atoms with Crippen LogP contribution in [0.3, 0.4) is 0 Å². The molecular weight excluding hydrogens is 230 g/mol. The molecule has 4 nitrogen and oxygen atoms in total. The first-order valence-corrected chi connectivity index (χ1v) is 4.18. The fraction of sp³-hybridized carbons (Fsp3) is 0.375. The largest absolute Gasteiger partial charge is 0.471 e. The topological polar surface area (TPSA) is 60.2 Å². The second-order valence-corrected chi connectivity index (χ2v) is 2.86. The van der Waals surface area contributed by atoms with Crippen molar-refractivity contribution in [2.75, 3.05) is 12.0 Å². The van der Waals surface area contributed by atoms with Gasteiger partial charge >= 0.3 is 12.3 Å². The second kappa shape index (κ2) is 4.97. The van der Waals surface area contributed by atoms with E-state index in [-0.39, 0.29) is 11.7 Å². The Labute approximate surface area is 88.4 Å². The van der Waals surface area contributed by atoms with Crippen LogP contribution in [0, 0.1) is 0 Å². The van der Waals surface area contributed by atoms with Crippen LogP contribution in [-0.4, -0.2) is 23.9 Å². The number of ether oxygens (including phenoxy) is 1. The zero-order valence-corrected chi connectivity index (χ0v) is 7.96. The van der Waals surface area contributed by atoms with Crippen molar-refractivity contribution >= 4 is 5.82 Å². The van der Waals surface area contributed by atoms with E-state index in [1.807, 2.05) is 0 Å². The molecule has 0 bridgehead atoms. The summed E-state index contributed by atoms with van der Waals surface area (Å²) in [5, 5.41) is 0. The van der Waals surface area contributed by atoms with Gasteiger partial charge in [0.15, 0.2) is 6.61 Å². The fourth-order valence-electron chi connectivity index (χ4n) is 0.809. The van der Waals surface area contributed by atoms with Crippen molar-refractivity contribution in [3.63, 3.8) is 0 Å². The van der Waals surface area contributed by atoms with Gasteiger partial charge in [0.05, 0.1) is 0 Å². The summed E-state index contributed by atoms with van der Waals surface area (Å²) >= 11 is 0. The van der Waals surface area contributed by atoms with Gasteiger partial charge in [-0.25, -0.2) is 14.6 Å². The molecule has 90 valence electrons. The number of hydrogen-bond donors (Lipinski definition) is 2. The highest BCUT2D eigenvalue weighted by Crippen LogP contribution is 2.23. The van der Waals surface area contributed by atoms with Gasteiger partial charge in [0.25, 0.3) is 0 Å². The molecule has 3 N–H and O–H groups in total. The maximum Gasteiger partial charge on any atom is 0.340 e. The monoisotopic (exact) mass is 239 g/mol. The van der Waals surface area contributed by atoms with E-state index in [0.717, 1.165) is 0 Å². The van der Waals surface area contributed by atoms with Gasteiger partial charge in [-0.3, -0.25) is 0 Å². The van der Waals surface area contributed by atoms with E-state index in [4.69, 9.17) is 5.84 Å². The van der Waals surface area contributed by atoms with E-state index in [1.54, 1.807) is 0 Å². The molecule has 0 radical (unpaired) electrons. The Morgan fingerprint density at radius 1 is 1.44 bits per heavy atom. The summed E-state index contributed by atoms with van der Waals surface area (Å²) in [4.78, 5) is 3.62. The Morgan fingerprint density at radius 3 is 2.69 bits per heavy atom. The molecule has 0 amide bonds. The molecular formula is C8H9F4N3O. The number of nitrogen functional groups attached to an aromatic ring is 1. The number of rotatable bonds is 5. The van der Waals surface area contributed by atoms with Crippen LogP contribution in [0.2, 0.25) is 0 Å². The Bertz CT molecular complexity index is 348. The number of hydrogen-bond acceptors (Lipinski definition) is 4. The molecule has 0 saturated heterocycles. The third-order valence-corrected chi connectivity index (χ3v) is 1.60. The van der Waals surface area contributed by atoms with Gasteiger partial charge in [0, 0.05) is 6.07 Å². The highest BCUT2D eigenvalue weighted by molar-refractivity contribution is 5.35. The lowest BCUT2D eigenvalue weighted by Gasteiger charge is -2.15. The molecule has 1 rings (SSSR count). The molecule has 16 heavy (non-hydrogen) atoms. The van der Waals surface area contributed by atoms with Gasteiger partial charge in [-0.1, -0.05) is 6.07 Å². The van der Waals surface area contributed by atoms with Gasteiger partial charge in [0.1, 0.15) is 5.82 Å². The van der Waals surface area contributed by atoms with Gasteiger partial charge in [-0.15, -0.1) is 0 Å². The van der Waals surface area contributed by atoms with E-state index in [9.17, 15) is 17.6 Å². The van der Waals surface area contributed by atoms with Crippen LogP contribution in [0.1, 0.15) is 0 Å². The molecule has 0 aliphatic carbocycles. The average molecular weight is 239 g/mol. The van der Waals surface area contributed by atoms with Gasteiger partial charge in [-0.05, 0) is 6.07 Å². The van der Waals surface area contributed by atoms with Crippen LogP contribution in [-0.2, 0) is 0 Å². The minimum Gasteiger partial charge on any atom is -0.471 e. The lowest BCUT2D eigenvalue weighted by atomic mass is 10.4. The first-order valence-electron chi connectivity index (χ1n) is 4.18. The summed E-state index contributed by atoms with van der Waals surface area (Å²) < 4.78 is 52.9. The van der Waals surface area contributed by atoms with Crippen LogP contribution in [0.15, 0.2) is 18.2 Å². The standard InChI is InChI=1S/C8H9F4N3O/c9-7(10)8(11,12)4-16-6-3-1-2-5(14-6)15-13/h1-3,7H,4,13H2,(H,14,15). The van der Waals surface area contributed by atoms with Crippen molar-refractivity contribution in [3.8, 4) is 5.88 Å². The zero-order valence-electron chi connectivity index (χ0n) is 7.96. The Balaban J connectivity index is 2.60. The van der Waals surface area contributed by atoms with Crippen molar-refractivity contribution in [2.45, 2.75) is 12.3 Å². The van der Waals surface area contributed by atoms with Crippen molar-refractivity contribution in [1.82, 2.24) is 4.98 Å². The summed E-state index contributed by atoms with van der Waals surface area (Å²) in [7, 11) is 0. The quantitative estimate of drug-likeness (QED) is 0.466. The molecule has 8 heteroatoms. The van der Waals surface area contributed by atoms with Crippen LogP contribution >= 0.6 is 0 Å². The van der Waals surface area contributed by atoms with E-state index in [0.29, 0.717) is 0 Å². The summed E-state index contributed by atoms with van der Waals surface area (Å²) in [6, 6.07) is 4.14. The predicted molar refractivity (Wildman–Crippen MR) is 48.5 cm³/mol. The molecule has 0 aliphatic heterocycles. The molecule has 1 aromatic rings. The molecule has 0 unspecified atom stereocenters. The maximum absolute atomic E-state index is 12.5. The number of alkyl halides is 4. The van der Waals surface area contributed by atoms with E-state index in [1.165, 1.54) is 18.2 Å². The molecule has 1 heterocycles. The fourth-order valence-corrected chi connectivity index (χ4v) is 0.809. The van der Waals surface area contributed by atoms with Crippen LogP contribution in [0.25, 0.3) is 0 Å². The smallest absolute Gasteiger partial charge is 0.340 e. The number of aromatic nitrogens is 1. The third-order valence-electron chi connectivity index (χ3n) is 1.60. The van der Waals surface area contributed by atoms with Gasteiger partial charge in [0.2, 0.25) is 5.88 Å². The van der Waals surface area contributed by atoms with Crippen LogP contribution < -0.4 is 16.0 Å². The number of nitrogens with one attached hydrogen (secondary N) is 1. The highest BCUT2D eigenvalue weighted by atomic mass is 19.3. The average Bonchev–Trinajstić information content (AvgIpc) is 2.26. The van der Waals surface area contributed by atoms with E-state index < -0.39 is 19.0 Å². The van der Waals surface area contributed by atoms with Crippen LogP contribution in [0.5, 0.6) is 5.88 Å². The van der Waals surface area contributed by atoms with Crippen molar-refractivity contribution in [3.05, 3.63) is 18.2 Å². The van der Waals surface area contributed by atoms with Gasteiger partial charge in [-0.2, -0.15) is 13.8 Å². The summed E-state index contributed by atoms with van der Waals surface area (Å²) in [6.07, 6.45) is -3.77. The normalized spacial score (nSPS) is 11.6. The molecule has 0 saturated carbocycles. The maximum atomic E-state index is 12.5. The number of hydrazine groups is 1. The summed E-state index contributed by atoms with van der Waals surface area (Å²) in [5.41, 5.74) is 2.16. The SMILES string of the molecule is NNc1cccc(OCC(F)(F)C(F)F)n1. The third kappa shape index (κ3) is 3.23. The first-order chi connectivity index (χ1) is 7.45. The second-order valence-electron chi connectivity index (χ2n) is 2.86. The molecule has 0 spiro atoms. The lowest BCUT2D eigenvalue weighted by molar-refractivity contribution is -0.148. The number of pyridine rings is 1. The molecule has 0 fully saturated rings. The number of nitrogens with zero attached hydrogens (tertiary/aromatic N) is 1. The van der Waals surface area contributed by atoms with Gasteiger partial charge < -0.3 is 10.2 Å². The van der Waals surface area contributed by atoms with Crippen molar-refractivity contribution in [2.24, 2.45) is 5.84 Å². The number of nitrogens with two attached hydrogens (primary N) is 1. The zero-order chi connectivity index (χ0) is 12.2. The number of halogens is 4. The Morgan fingerprint density at radius 2 is 2.12 bits per heavy atom. The van der Waals surface area contributed by atoms with Crippen LogP contribution in [0.4, 0.5) is 23.4 Å². The van der Waals surface area contributed by atoms with Crippen molar-refractivity contribution < 1.29 is 22.3 Å². The summed E-state index contributed by atoms with van der Waals surface area (Å²) in [5.74, 6) is 0.778. The summed E-state index contributed by atoms with van der Waals surface area (Å²) in [6.45, 7) is -1.44. The minimum absolute atomic E-state index is 0.179. The molecule has 0 aliphatic rings. The molecule has 0 aromatic carbocycles. The first kappa shape index (κ1) is 12.5. The van der Waals surface area contributed by atoms with E-state index in [2.05, 4.69) is 15.1 Å². The molecule has 1 aromatic heterocycles. The predicted octanol–water partition coefficient (Wildman–Crippen LogP) is 1.65. The van der Waals surface area contributed by atoms with Crippen molar-refractivity contribution in [1.29, 1.82) is 0 Å².